The molecule has 0 aliphatic carbocycles. The van der Waals surface area contributed by atoms with Gasteiger partial charge in [0, 0.05) is 16.9 Å². The lowest BCUT2D eigenvalue weighted by Gasteiger charge is -2.25. The molecular weight excluding hydrogens is 408 g/mol. The highest BCUT2D eigenvalue weighted by atomic mass is 32.2. The van der Waals surface area contributed by atoms with E-state index in [2.05, 4.69) is 12.2 Å². The Labute approximate surface area is 186 Å². The first kappa shape index (κ1) is 21.0. The molecule has 1 heterocycles. The van der Waals surface area contributed by atoms with Crippen molar-refractivity contribution < 1.29 is 14.3 Å². The standard InChI is InChI=1S/C25H24N2O3S/c1-3-17-7-9-18(10-8-17)24(29)26-20-6-4-5-19(15-20)25-27(23(28)16-31-25)21-11-13-22(30-2)14-12-21/h4-15,25H,3,16H2,1-2H3,(H,26,29)/t25-/m1/s1. The van der Waals surface area contributed by atoms with Gasteiger partial charge in [0.2, 0.25) is 5.91 Å². The average Bonchev–Trinajstić information content (AvgIpc) is 3.20. The van der Waals surface area contributed by atoms with Crippen LogP contribution in [-0.4, -0.2) is 24.7 Å². The first-order chi connectivity index (χ1) is 15.1. The molecule has 3 aromatic rings. The van der Waals surface area contributed by atoms with Gasteiger partial charge in [-0.2, -0.15) is 0 Å². The average molecular weight is 433 g/mol. The van der Waals surface area contributed by atoms with Gasteiger partial charge in [-0.15, -0.1) is 11.8 Å². The zero-order valence-electron chi connectivity index (χ0n) is 17.5. The van der Waals surface area contributed by atoms with E-state index in [1.807, 2.05) is 72.8 Å². The zero-order valence-corrected chi connectivity index (χ0v) is 18.3. The van der Waals surface area contributed by atoms with E-state index in [1.165, 1.54) is 5.56 Å². The van der Waals surface area contributed by atoms with Crippen LogP contribution in [-0.2, 0) is 11.2 Å². The molecule has 0 radical (unpaired) electrons. The summed E-state index contributed by atoms with van der Waals surface area (Å²) in [6, 6.07) is 22.8. The van der Waals surface area contributed by atoms with Crippen LogP contribution >= 0.6 is 11.8 Å². The van der Waals surface area contributed by atoms with Crippen LogP contribution in [0.1, 0.15) is 33.8 Å². The van der Waals surface area contributed by atoms with Crippen LogP contribution in [0.2, 0.25) is 0 Å². The van der Waals surface area contributed by atoms with Crippen LogP contribution in [0.25, 0.3) is 0 Å². The lowest BCUT2D eigenvalue weighted by Crippen LogP contribution is -2.27. The van der Waals surface area contributed by atoms with Crippen LogP contribution < -0.4 is 15.0 Å². The Morgan fingerprint density at radius 2 is 1.84 bits per heavy atom. The fourth-order valence-corrected chi connectivity index (χ4v) is 4.72. The second-order valence-electron chi connectivity index (χ2n) is 7.26. The van der Waals surface area contributed by atoms with Crippen molar-refractivity contribution in [2.45, 2.75) is 18.7 Å². The Kier molecular flexibility index (Phi) is 6.28. The van der Waals surface area contributed by atoms with Crippen molar-refractivity contribution in [3.63, 3.8) is 0 Å². The number of hydrogen-bond acceptors (Lipinski definition) is 4. The van der Waals surface area contributed by atoms with E-state index >= 15 is 0 Å². The number of hydrogen-bond donors (Lipinski definition) is 1. The van der Waals surface area contributed by atoms with Gasteiger partial charge in [0.05, 0.1) is 12.9 Å². The number of methoxy groups -OCH3 is 1. The Balaban J connectivity index is 1.54. The molecule has 1 aliphatic rings. The van der Waals surface area contributed by atoms with Gasteiger partial charge in [-0.05, 0) is 66.1 Å². The van der Waals surface area contributed by atoms with Crippen LogP contribution in [0.3, 0.4) is 0 Å². The van der Waals surface area contributed by atoms with Crippen molar-refractivity contribution in [1.82, 2.24) is 0 Å². The van der Waals surface area contributed by atoms with Gasteiger partial charge >= 0.3 is 0 Å². The maximum atomic E-state index is 12.7. The molecule has 0 unspecified atom stereocenters. The maximum absolute atomic E-state index is 12.7. The molecule has 1 aliphatic heterocycles. The lowest BCUT2D eigenvalue weighted by atomic mass is 10.1. The number of thioether (sulfide) groups is 1. The molecule has 4 rings (SSSR count). The quantitative estimate of drug-likeness (QED) is 0.575. The molecule has 1 fully saturated rings. The topological polar surface area (TPSA) is 58.6 Å². The molecule has 1 N–H and O–H groups in total. The summed E-state index contributed by atoms with van der Waals surface area (Å²) < 4.78 is 5.22. The van der Waals surface area contributed by atoms with Gasteiger partial charge in [0.25, 0.3) is 5.91 Å². The maximum Gasteiger partial charge on any atom is 0.255 e. The van der Waals surface area contributed by atoms with E-state index in [1.54, 1.807) is 23.8 Å². The van der Waals surface area contributed by atoms with Crippen molar-refractivity contribution in [2.24, 2.45) is 0 Å². The summed E-state index contributed by atoms with van der Waals surface area (Å²) in [5.41, 5.74) is 4.31. The molecule has 6 heteroatoms. The summed E-state index contributed by atoms with van der Waals surface area (Å²) in [7, 11) is 1.62. The first-order valence-electron chi connectivity index (χ1n) is 10.2. The molecule has 5 nitrogen and oxygen atoms in total. The van der Waals surface area contributed by atoms with E-state index in [0.29, 0.717) is 17.0 Å². The smallest absolute Gasteiger partial charge is 0.255 e. The van der Waals surface area contributed by atoms with Gasteiger partial charge in [0.15, 0.2) is 0 Å². The third-order valence-electron chi connectivity index (χ3n) is 5.27. The molecule has 2 amide bonds. The molecule has 0 aromatic heterocycles. The molecule has 0 spiro atoms. The van der Waals surface area contributed by atoms with E-state index in [0.717, 1.165) is 23.4 Å². The summed E-state index contributed by atoms with van der Waals surface area (Å²) in [6.07, 6.45) is 0.937. The molecule has 3 aromatic carbocycles. The molecule has 0 saturated carbocycles. The predicted octanol–water partition coefficient (Wildman–Crippen LogP) is 5.29. The van der Waals surface area contributed by atoms with Crippen LogP contribution in [0.15, 0.2) is 72.8 Å². The number of nitrogens with one attached hydrogen (secondary N) is 1. The molecule has 158 valence electrons. The van der Waals surface area contributed by atoms with Crippen LogP contribution in [0, 0.1) is 0 Å². The van der Waals surface area contributed by atoms with E-state index < -0.39 is 0 Å². The minimum atomic E-state index is -0.151. The fraction of sp³-hybridized carbons (Fsp3) is 0.200. The Hall–Kier alpha value is -3.25. The highest BCUT2D eigenvalue weighted by Crippen LogP contribution is 2.42. The monoisotopic (exact) mass is 432 g/mol. The van der Waals surface area contributed by atoms with E-state index in [4.69, 9.17) is 4.74 Å². The van der Waals surface area contributed by atoms with Crippen molar-refractivity contribution in [3.05, 3.63) is 89.5 Å². The minimum absolute atomic E-state index is 0.0608. The van der Waals surface area contributed by atoms with Gasteiger partial charge in [0.1, 0.15) is 11.1 Å². The van der Waals surface area contributed by atoms with Gasteiger partial charge in [-0.1, -0.05) is 31.2 Å². The molecule has 1 atom stereocenters. The Bertz CT molecular complexity index is 1080. The van der Waals surface area contributed by atoms with Gasteiger partial charge in [-0.3, -0.25) is 14.5 Å². The number of benzene rings is 3. The number of amides is 2. The van der Waals surface area contributed by atoms with Gasteiger partial charge < -0.3 is 10.1 Å². The van der Waals surface area contributed by atoms with Crippen molar-refractivity contribution in [3.8, 4) is 5.75 Å². The normalized spacial score (nSPS) is 15.7. The highest BCUT2D eigenvalue weighted by Gasteiger charge is 2.34. The number of anilines is 2. The van der Waals surface area contributed by atoms with Crippen molar-refractivity contribution in [2.75, 3.05) is 23.1 Å². The minimum Gasteiger partial charge on any atom is -0.497 e. The largest absolute Gasteiger partial charge is 0.497 e. The van der Waals surface area contributed by atoms with Crippen molar-refractivity contribution >= 4 is 35.0 Å². The van der Waals surface area contributed by atoms with E-state index in [-0.39, 0.29) is 17.2 Å². The third kappa shape index (κ3) is 4.59. The number of rotatable bonds is 6. The number of ether oxygens (including phenoxy) is 1. The molecule has 31 heavy (non-hydrogen) atoms. The molecular formula is C25H24N2O3S. The number of nitrogens with zero attached hydrogens (tertiary/aromatic N) is 1. The second-order valence-corrected chi connectivity index (χ2v) is 8.32. The van der Waals surface area contributed by atoms with E-state index in [9.17, 15) is 9.59 Å². The summed E-state index contributed by atoms with van der Waals surface area (Å²) in [5, 5.41) is 2.82. The lowest BCUT2D eigenvalue weighted by molar-refractivity contribution is -0.115. The molecule has 0 bridgehead atoms. The number of carbonyl (C=O) groups is 2. The Morgan fingerprint density at radius 1 is 1.10 bits per heavy atom. The van der Waals surface area contributed by atoms with Crippen LogP contribution in [0.5, 0.6) is 5.75 Å². The molecule has 1 saturated heterocycles. The predicted molar refractivity (Wildman–Crippen MR) is 126 cm³/mol. The summed E-state index contributed by atoms with van der Waals surface area (Å²) in [6.45, 7) is 2.08. The zero-order chi connectivity index (χ0) is 21.8. The Morgan fingerprint density at radius 3 is 2.52 bits per heavy atom. The van der Waals surface area contributed by atoms with Crippen molar-refractivity contribution in [1.29, 1.82) is 0 Å². The van der Waals surface area contributed by atoms with Crippen LogP contribution in [0.4, 0.5) is 11.4 Å². The summed E-state index contributed by atoms with van der Waals surface area (Å²) >= 11 is 1.58. The SMILES string of the molecule is CCc1ccc(C(=O)Nc2cccc([C@H]3SCC(=O)N3c3ccc(OC)cc3)c2)cc1. The number of aryl methyl sites for hydroxylation is 1. The second kappa shape index (κ2) is 9.27. The highest BCUT2D eigenvalue weighted by molar-refractivity contribution is 8.00. The number of carbonyl (C=O) groups excluding carboxylic acids is 2. The fourth-order valence-electron chi connectivity index (χ4n) is 3.56. The third-order valence-corrected chi connectivity index (χ3v) is 6.48. The first-order valence-corrected chi connectivity index (χ1v) is 11.2. The van der Waals surface area contributed by atoms with Gasteiger partial charge in [-0.25, -0.2) is 0 Å². The summed E-state index contributed by atoms with van der Waals surface area (Å²) in [5.74, 6) is 1.07. The summed E-state index contributed by atoms with van der Waals surface area (Å²) in [4.78, 5) is 27.1.